The fourth-order valence-electron chi connectivity index (χ4n) is 4.06. The zero-order chi connectivity index (χ0) is 22.6. The number of carbonyl (C=O) groups is 1. The highest BCUT2D eigenvalue weighted by Crippen LogP contribution is 2.21. The Morgan fingerprint density at radius 2 is 1.70 bits per heavy atom. The number of esters is 1. The van der Waals surface area contributed by atoms with Crippen molar-refractivity contribution in [1.29, 1.82) is 0 Å². The SMILES string of the molecule is O=C(Oc1ccc(OCc2ccccc2)cc1)c1ccc2c(=O)n3c(nc2c1)CCCCC3. The van der Waals surface area contributed by atoms with Crippen molar-refractivity contribution in [3.8, 4) is 11.5 Å². The number of aromatic nitrogens is 2. The van der Waals surface area contributed by atoms with E-state index in [1.54, 1.807) is 47.0 Å². The van der Waals surface area contributed by atoms with E-state index < -0.39 is 5.97 Å². The zero-order valence-electron chi connectivity index (χ0n) is 18.2. The lowest BCUT2D eigenvalue weighted by molar-refractivity contribution is 0.0734. The Morgan fingerprint density at radius 3 is 2.52 bits per heavy atom. The van der Waals surface area contributed by atoms with Gasteiger partial charge in [0, 0.05) is 13.0 Å². The maximum absolute atomic E-state index is 12.9. The first-order chi connectivity index (χ1) is 16.2. The molecule has 166 valence electrons. The van der Waals surface area contributed by atoms with Crippen molar-refractivity contribution < 1.29 is 14.3 Å². The molecular formula is C27H24N2O4. The number of hydrogen-bond acceptors (Lipinski definition) is 5. The molecule has 0 amide bonds. The number of benzene rings is 3. The van der Waals surface area contributed by atoms with Gasteiger partial charge in [0.05, 0.1) is 16.5 Å². The summed E-state index contributed by atoms with van der Waals surface area (Å²) in [5, 5.41) is 0.525. The van der Waals surface area contributed by atoms with Crippen LogP contribution in [0.15, 0.2) is 77.6 Å². The molecule has 5 rings (SSSR count). The first kappa shape index (κ1) is 20.9. The van der Waals surface area contributed by atoms with Crippen LogP contribution in [0, 0.1) is 0 Å². The highest BCUT2D eigenvalue weighted by Gasteiger charge is 2.16. The molecular weight excluding hydrogens is 416 g/mol. The molecule has 0 unspecified atom stereocenters. The minimum absolute atomic E-state index is 0.0390. The number of hydrogen-bond donors (Lipinski definition) is 0. The van der Waals surface area contributed by atoms with Gasteiger partial charge in [0.1, 0.15) is 23.9 Å². The van der Waals surface area contributed by atoms with Gasteiger partial charge < -0.3 is 9.47 Å². The van der Waals surface area contributed by atoms with Crippen molar-refractivity contribution in [2.45, 2.75) is 38.8 Å². The van der Waals surface area contributed by atoms with Gasteiger partial charge in [-0.1, -0.05) is 36.8 Å². The molecule has 0 radical (unpaired) electrons. The van der Waals surface area contributed by atoms with Crippen LogP contribution >= 0.6 is 0 Å². The molecule has 0 fully saturated rings. The van der Waals surface area contributed by atoms with E-state index in [-0.39, 0.29) is 5.56 Å². The fraction of sp³-hybridized carbons (Fsp3) is 0.222. The van der Waals surface area contributed by atoms with Crippen molar-refractivity contribution in [1.82, 2.24) is 9.55 Å². The molecule has 0 N–H and O–H groups in total. The first-order valence-corrected chi connectivity index (χ1v) is 11.2. The van der Waals surface area contributed by atoms with E-state index in [2.05, 4.69) is 4.98 Å². The lowest BCUT2D eigenvalue weighted by Crippen LogP contribution is -2.24. The van der Waals surface area contributed by atoms with Crippen LogP contribution in [-0.4, -0.2) is 15.5 Å². The summed E-state index contributed by atoms with van der Waals surface area (Å²) in [5.41, 5.74) is 1.93. The van der Waals surface area contributed by atoms with E-state index in [4.69, 9.17) is 9.47 Å². The Hall–Kier alpha value is -3.93. The van der Waals surface area contributed by atoms with Crippen LogP contribution in [0.4, 0.5) is 0 Å². The Bertz CT molecular complexity index is 1340. The quantitative estimate of drug-likeness (QED) is 0.325. The molecule has 1 aromatic heterocycles. The van der Waals surface area contributed by atoms with Crippen molar-refractivity contribution in [3.05, 3.63) is 100 Å². The minimum atomic E-state index is -0.494. The van der Waals surface area contributed by atoms with Crippen molar-refractivity contribution >= 4 is 16.9 Å². The molecule has 0 atom stereocenters. The third-order valence-electron chi connectivity index (χ3n) is 5.83. The van der Waals surface area contributed by atoms with Crippen LogP contribution in [0.25, 0.3) is 10.9 Å². The minimum Gasteiger partial charge on any atom is -0.489 e. The number of rotatable bonds is 5. The summed E-state index contributed by atoms with van der Waals surface area (Å²) in [7, 11) is 0. The van der Waals surface area contributed by atoms with Crippen molar-refractivity contribution in [2.75, 3.05) is 0 Å². The van der Waals surface area contributed by atoms with Gasteiger partial charge in [-0.25, -0.2) is 9.78 Å². The number of carbonyl (C=O) groups excluding carboxylic acids is 1. The van der Waals surface area contributed by atoms with E-state index >= 15 is 0 Å². The maximum atomic E-state index is 12.9. The van der Waals surface area contributed by atoms with Gasteiger partial charge in [-0.05, 0) is 60.9 Å². The van der Waals surface area contributed by atoms with Crippen molar-refractivity contribution in [3.63, 3.8) is 0 Å². The smallest absolute Gasteiger partial charge is 0.343 e. The Balaban J connectivity index is 1.30. The summed E-state index contributed by atoms with van der Waals surface area (Å²) in [6.07, 6.45) is 3.87. The van der Waals surface area contributed by atoms with Gasteiger partial charge in [-0.3, -0.25) is 9.36 Å². The van der Waals surface area contributed by atoms with Gasteiger partial charge in [0.15, 0.2) is 0 Å². The standard InChI is InChI=1S/C27H24N2O4/c30-26-23-15-10-20(17-24(23)28-25-9-5-2-6-16-29(25)26)27(31)33-22-13-11-21(12-14-22)32-18-19-7-3-1-4-8-19/h1,3-4,7-8,10-15,17H,2,5-6,9,16,18H2. The summed E-state index contributed by atoms with van der Waals surface area (Å²) >= 11 is 0. The largest absolute Gasteiger partial charge is 0.489 e. The highest BCUT2D eigenvalue weighted by atomic mass is 16.5. The molecule has 2 heterocycles. The molecule has 33 heavy (non-hydrogen) atoms. The lowest BCUT2D eigenvalue weighted by atomic mass is 10.1. The third kappa shape index (κ3) is 4.65. The highest BCUT2D eigenvalue weighted by molar-refractivity contribution is 5.95. The topological polar surface area (TPSA) is 70.4 Å². The fourth-order valence-corrected chi connectivity index (χ4v) is 4.06. The Kier molecular flexibility index (Phi) is 5.89. The predicted octanol–water partition coefficient (Wildman–Crippen LogP) is 4.92. The number of fused-ring (bicyclic) bond motifs is 2. The first-order valence-electron chi connectivity index (χ1n) is 11.2. The lowest BCUT2D eigenvalue weighted by Gasteiger charge is -2.11. The average Bonchev–Trinajstić information content (AvgIpc) is 3.10. The van der Waals surface area contributed by atoms with Crippen LogP contribution in [-0.2, 0) is 19.6 Å². The van der Waals surface area contributed by atoms with E-state index in [9.17, 15) is 9.59 Å². The molecule has 0 spiro atoms. The number of nitrogens with zero attached hydrogens (tertiary/aromatic N) is 2. The Labute approximate surface area is 191 Å². The molecule has 0 saturated carbocycles. The molecule has 1 aliphatic rings. The molecule has 0 saturated heterocycles. The van der Waals surface area contributed by atoms with Gasteiger partial charge in [0.2, 0.25) is 0 Å². The average molecular weight is 440 g/mol. The van der Waals surface area contributed by atoms with E-state index in [1.165, 1.54) is 0 Å². The second-order valence-electron chi connectivity index (χ2n) is 8.16. The van der Waals surface area contributed by atoms with Gasteiger partial charge in [0.25, 0.3) is 5.56 Å². The van der Waals surface area contributed by atoms with Crippen LogP contribution < -0.4 is 15.0 Å². The van der Waals surface area contributed by atoms with Crippen LogP contribution in [0.1, 0.15) is 41.0 Å². The predicted molar refractivity (Wildman–Crippen MR) is 126 cm³/mol. The summed E-state index contributed by atoms with van der Waals surface area (Å²) in [6.45, 7) is 1.17. The molecule has 3 aromatic carbocycles. The van der Waals surface area contributed by atoms with Crippen molar-refractivity contribution in [2.24, 2.45) is 0 Å². The Morgan fingerprint density at radius 1 is 0.909 bits per heavy atom. The molecule has 1 aliphatic heterocycles. The molecule has 4 aromatic rings. The maximum Gasteiger partial charge on any atom is 0.343 e. The monoisotopic (exact) mass is 440 g/mol. The number of ether oxygens (including phenoxy) is 2. The zero-order valence-corrected chi connectivity index (χ0v) is 18.2. The van der Waals surface area contributed by atoms with E-state index in [1.807, 2.05) is 30.3 Å². The summed E-state index contributed by atoms with van der Waals surface area (Å²) < 4.78 is 13.1. The molecule has 0 aliphatic carbocycles. The van der Waals surface area contributed by atoms with E-state index in [0.717, 1.165) is 37.1 Å². The van der Waals surface area contributed by atoms with Gasteiger partial charge in [-0.2, -0.15) is 0 Å². The normalized spacial score (nSPS) is 13.2. The molecule has 6 nitrogen and oxygen atoms in total. The van der Waals surface area contributed by atoms with Crippen LogP contribution in [0.2, 0.25) is 0 Å². The summed E-state index contributed by atoms with van der Waals surface area (Å²) in [6, 6.07) is 21.8. The molecule has 0 bridgehead atoms. The van der Waals surface area contributed by atoms with Crippen LogP contribution in [0.5, 0.6) is 11.5 Å². The molecule has 6 heteroatoms. The second-order valence-corrected chi connectivity index (χ2v) is 8.16. The third-order valence-corrected chi connectivity index (χ3v) is 5.83. The second kappa shape index (κ2) is 9.28. The van der Waals surface area contributed by atoms with Crippen LogP contribution in [0.3, 0.4) is 0 Å². The van der Waals surface area contributed by atoms with Gasteiger partial charge >= 0.3 is 5.97 Å². The summed E-state index contributed by atoms with van der Waals surface area (Å²) in [4.78, 5) is 30.3. The van der Waals surface area contributed by atoms with Gasteiger partial charge in [-0.15, -0.1) is 0 Å². The van der Waals surface area contributed by atoms with E-state index in [0.29, 0.717) is 41.1 Å². The number of aryl methyl sites for hydroxylation is 1. The summed E-state index contributed by atoms with van der Waals surface area (Å²) in [5.74, 6) is 1.41.